The molecule has 0 spiro atoms. The molecule has 2 aromatic carbocycles. The lowest BCUT2D eigenvalue weighted by Gasteiger charge is -2.16. The van der Waals surface area contributed by atoms with Gasteiger partial charge in [0.05, 0.1) is 4.92 Å². The molecule has 6 heteroatoms. The third-order valence-electron chi connectivity index (χ3n) is 2.90. The van der Waals surface area contributed by atoms with Gasteiger partial charge in [0.15, 0.2) is 0 Å². The first-order chi connectivity index (χ1) is 9.47. The number of halogens is 2. The molecule has 4 nitrogen and oxygen atoms in total. The Labute approximate surface area is 126 Å². The summed E-state index contributed by atoms with van der Waals surface area (Å²) in [6, 6.07) is 11.6. The number of benzene rings is 2. The molecule has 1 N–H and O–H groups in total. The number of nitro benzene ring substituents is 1. The monoisotopic (exact) mass is 310 g/mol. The minimum absolute atomic E-state index is 0.00443. The normalized spacial score (nSPS) is 11.9. The summed E-state index contributed by atoms with van der Waals surface area (Å²) in [5.41, 5.74) is 1.36. The molecule has 2 aromatic rings. The van der Waals surface area contributed by atoms with E-state index in [-0.39, 0.29) is 11.7 Å². The van der Waals surface area contributed by atoms with Crippen molar-refractivity contribution in [3.8, 4) is 0 Å². The van der Waals surface area contributed by atoms with Gasteiger partial charge >= 0.3 is 0 Å². The minimum atomic E-state index is -0.437. The topological polar surface area (TPSA) is 55.2 Å². The first-order valence-electron chi connectivity index (χ1n) is 5.93. The lowest BCUT2D eigenvalue weighted by Crippen LogP contribution is -2.08. The molecule has 1 unspecified atom stereocenters. The molecule has 104 valence electrons. The Morgan fingerprint density at radius 3 is 2.30 bits per heavy atom. The molecule has 0 aliphatic heterocycles. The van der Waals surface area contributed by atoms with Crippen molar-refractivity contribution in [1.82, 2.24) is 0 Å². The second-order valence-electron chi connectivity index (χ2n) is 4.34. The van der Waals surface area contributed by atoms with Crippen molar-refractivity contribution >= 4 is 34.6 Å². The molecule has 0 heterocycles. The zero-order valence-electron chi connectivity index (χ0n) is 10.6. The van der Waals surface area contributed by atoms with Crippen molar-refractivity contribution in [3.05, 3.63) is 68.2 Å². The summed E-state index contributed by atoms with van der Waals surface area (Å²) in [7, 11) is 0. The summed E-state index contributed by atoms with van der Waals surface area (Å²) in [4.78, 5) is 10.6. The van der Waals surface area contributed by atoms with E-state index in [1.165, 1.54) is 12.1 Å². The van der Waals surface area contributed by atoms with Gasteiger partial charge < -0.3 is 5.32 Å². The van der Waals surface area contributed by atoms with E-state index in [2.05, 4.69) is 5.32 Å². The highest BCUT2D eigenvalue weighted by Gasteiger charge is 2.16. The number of hydrogen-bond donors (Lipinski definition) is 1. The third-order valence-corrected chi connectivity index (χ3v) is 3.38. The van der Waals surface area contributed by atoms with Crippen molar-refractivity contribution < 1.29 is 4.92 Å². The molecular weight excluding hydrogens is 299 g/mol. The van der Waals surface area contributed by atoms with Gasteiger partial charge in [-0.2, -0.15) is 0 Å². The number of rotatable bonds is 4. The van der Waals surface area contributed by atoms with Crippen LogP contribution in [-0.2, 0) is 0 Å². The van der Waals surface area contributed by atoms with Gasteiger partial charge in [-0.1, -0.05) is 35.3 Å². The van der Waals surface area contributed by atoms with Gasteiger partial charge in [-0.25, -0.2) is 0 Å². The lowest BCUT2D eigenvalue weighted by molar-refractivity contribution is -0.384. The summed E-state index contributed by atoms with van der Waals surface area (Å²) in [6.07, 6.45) is 0. The number of nitrogens with one attached hydrogen (secondary N) is 1. The summed E-state index contributed by atoms with van der Waals surface area (Å²) in [5.74, 6) is 0. The number of nitro groups is 1. The maximum absolute atomic E-state index is 11.0. The first-order valence-corrected chi connectivity index (χ1v) is 6.69. The molecule has 2 rings (SSSR count). The number of hydrogen-bond acceptors (Lipinski definition) is 3. The van der Waals surface area contributed by atoms with Crippen LogP contribution in [0.25, 0.3) is 0 Å². The second-order valence-corrected chi connectivity index (χ2v) is 5.21. The Morgan fingerprint density at radius 2 is 1.70 bits per heavy atom. The largest absolute Gasteiger partial charge is 0.373 e. The Morgan fingerprint density at radius 1 is 1.10 bits per heavy atom. The summed E-state index contributed by atoms with van der Waals surface area (Å²) >= 11 is 11.7. The molecule has 0 fully saturated rings. The Balaban J connectivity index is 2.27. The smallest absolute Gasteiger partial charge is 0.292 e. The average Bonchev–Trinajstić information content (AvgIpc) is 2.39. The highest BCUT2D eigenvalue weighted by atomic mass is 35.5. The summed E-state index contributed by atoms with van der Waals surface area (Å²) < 4.78 is 0. The predicted octanol–water partition coefficient (Wildman–Crippen LogP) is 5.07. The molecule has 0 bridgehead atoms. The van der Waals surface area contributed by atoms with Crippen LogP contribution in [0, 0.1) is 10.1 Å². The number of anilines is 1. The van der Waals surface area contributed by atoms with E-state index in [4.69, 9.17) is 23.2 Å². The van der Waals surface area contributed by atoms with Crippen LogP contribution >= 0.6 is 23.2 Å². The first kappa shape index (κ1) is 14.6. The van der Waals surface area contributed by atoms with Crippen molar-refractivity contribution in [2.45, 2.75) is 13.0 Å². The molecule has 1 atom stereocenters. The van der Waals surface area contributed by atoms with E-state index < -0.39 is 4.92 Å². The van der Waals surface area contributed by atoms with Crippen molar-refractivity contribution in [2.24, 2.45) is 0 Å². The van der Waals surface area contributed by atoms with Gasteiger partial charge in [-0.05, 0) is 36.8 Å². The van der Waals surface area contributed by atoms with Gasteiger partial charge in [0.1, 0.15) is 5.69 Å². The fourth-order valence-electron chi connectivity index (χ4n) is 1.85. The van der Waals surface area contributed by atoms with Gasteiger partial charge in [-0.15, -0.1) is 0 Å². The Bertz CT molecular complexity index is 630. The van der Waals surface area contributed by atoms with Crippen molar-refractivity contribution in [2.75, 3.05) is 5.32 Å². The molecular formula is C14H12Cl2N2O2. The van der Waals surface area contributed by atoms with E-state index in [0.29, 0.717) is 15.7 Å². The Kier molecular flexibility index (Phi) is 4.47. The zero-order chi connectivity index (χ0) is 14.7. The van der Waals surface area contributed by atoms with Gasteiger partial charge in [0.2, 0.25) is 0 Å². The van der Waals surface area contributed by atoms with Gasteiger partial charge in [-0.3, -0.25) is 10.1 Å². The molecule has 20 heavy (non-hydrogen) atoms. The molecule has 0 aliphatic rings. The van der Waals surface area contributed by atoms with Crippen LogP contribution in [0.3, 0.4) is 0 Å². The van der Waals surface area contributed by atoms with Gasteiger partial charge in [0, 0.05) is 22.2 Å². The zero-order valence-corrected chi connectivity index (χ0v) is 12.2. The van der Waals surface area contributed by atoms with Crippen LogP contribution in [0.15, 0.2) is 42.5 Å². The van der Waals surface area contributed by atoms with Crippen LogP contribution in [0.1, 0.15) is 18.5 Å². The quantitative estimate of drug-likeness (QED) is 0.633. The van der Waals surface area contributed by atoms with Crippen LogP contribution in [-0.4, -0.2) is 4.92 Å². The van der Waals surface area contributed by atoms with E-state index in [1.807, 2.05) is 19.1 Å². The second kappa shape index (κ2) is 6.11. The predicted molar refractivity (Wildman–Crippen MR) is 81.6 cm³/mol. The highest BCUT2D eigenvalue weighted by molar-refractivity contribution is 6.31. The third kappa shape index (κ3) is 3.40. The fourth-order valence-corrected chi connectivity index (χ4v) is 2.15. The van der Waals surface area contributed by atoms with Crippen LogP contribution in [0.4, 0.5) is 11.4 Å². The summed E-state index contributed by atoms with van der Waals surface area (Å²) in [5, 5.41) is 15.2. The maximum Gasteiger partial charge on any atom is 0.292 e. The van der Waals surface area contributed by atoms with E-state index >= 15 is 0 Å². The molecule has 0 aromatic heterocycles. The SMILES string of the molecule is CC(Nc1cc(Cl)ccc1[N+](=O)[O-])c1ccc(Cl)cc1. The molecule has 0 aliphatic carbocycles. The van der Waals surface area contributed by atoms with Crippen molar-refractivity contribution in [1.29, 1.82) is 0 Å². The van der Waals surface area contributed by atoms with Crippen molar-refractivity contribution in [3.63, 3.8) is 0 Å². The molecule has 0 saturated heterocycles. The van der Waals surface area contributed by atoms with Crippen LogP contribution in [0.5, 0.6) is 0 Å². The van der Waals surface area contributed by atoms with E-state index in [9.17, 15) is 10.1 Å². The van der Waals surface area contributed by atoms with E-state index in [1.54, 1.807) is 18.2 Å². The lowest BCUT2D eigenvalue weighted by atomic mass is 10.1. The maximum atomic E-state index is 11.0. The number of nitrogens with zero attached hydrogens (tertiary/aromatic N) is 1. The standard InChI is InChI=1S/C14H12Cl2N2O2/c1-9(10-2-4-11(15)5-3-10)17-13-8-12(16)6-7-14(13)18(19)20/h2-9,17H,1H3. The average molecular weight is 311 g/mol. The molecule has 0 radical (unpaired) electrons. The summed E-state index contributed by atoms with van der Waals surface area (Å²) in [6.45, 7) is 1.91. The Hall–Kier alpha value is -1.78. The van der Waals surface area contributed by atoms with E-state index in [0.717, 1.165) is 5.56 Å². The molecule has 0 saturated carbocycles. The minimum Gasteiger partial charge on any atom is -0.373 e. The fraction of sp³-hybridized carbons (Fsp3) is 0.143. The highest BCUT2D eigenvalue weighted by Crippen LogP contribution is 2.31. The van der Waals surface area contributed by atoms with Crippen LogP contribution < -0.4 is 5.32 Å². The molecule has 0 amide bonds. The van der Waals surface area contributed by atoms with Gasteiger partial charge in [0.25, 0.3) is 5.69 Å². The van der Waals surface area contributed by atoms with Crippen LogP contribution in [0.2, 0.25) is 10.0 Å².